The third kappa shape index (κ3) is 1.70. The van der Waals surface area contributed by atoms with E-state index in [9.17, 15) is 0 Å². The Kier molecular flexibility index (Phi) is 2.48. The maximum absolute atomic E-state index is 5.58. The molecule has 2 aromatic rings. The summed E-state index contributed by atoms with van der Waals surface area (Å²) in [6.45, 7) is 6.65. The normalized spacial score (nSPS) is 11.4. The number of hydrogen-bond acceptors (Lipinski definition) is 0. The first kappa shape index (κ1) is 10.8. The molecule has 0 atom stereocenters. The molecular formula is C16H16. The molecule has 0 aromatic heterocycles. The van der Waals surface area contributed by atoms with Crippen molar-refractivity contribution in [3.05, 3.63) is 47.5 Å². The molecule has 0 amide bonds. The minimum atomic E-state index is 0.118. The second-order valence-electron chi connectivity index (χ2n) is 5.10. The lowest BCUT2D eigenvalue weighted by Gasteiger charge is -2.22. The van der Waals surface area contributed by atoms with Gasteiger partial charge >= 0.3 is 0 Å². The Balaban J connectivity index is 2.91. The van der Waals surface area contributed by atoms with Crippen LogP contribution in [0.1, 0.15) is 31.9 Å². The zero-order valence-electron chi connectivity index (χ0n) is 10.0. The Morgan fingerprint density at radius 1 is 1.00 bits per heavy atom. The average Bonchev–Trinajstić information content (AvgIpc) is 2.26. The van der Waals surface area contributed by atoms with Crippen molar-refractivity contribution in [2.24, 2.45) is 0 Å². The minimum Gasteiger partial charge on any atom is -0.115 e. The minimum absolute atomic E-state index is 0.118. The second kappa shape index (κ2) is 3.68. The van der Waals surface area contributed by atoms with E-state index in [2.05, 4.69) is 51.0 Å². The van der Waals surface area contributed by atoms with Gasteiger partial charge in [0.05, 0.1) is 0 Å². The summed E-state index contributed by atoms with van der Waals surface area (Å²) in [6, 6.07) is 12.5. The smallest absolute Gasteiger partial charge is 0.0324 e. The van der Waals surface area contributed by atoms with Gasteiger partial charge in [-0.3, -0.25) is 0 Å². The van der Waals surface area contributed by atoms with Gasteiger partial charge in [0, 0.05) is 10.9 Å². The van der Waals surface area contributed by atoms with Crippen LogP contribution in [0, 0.1) is 12.3 Å². The summed E-state index contributed by atoms with van der Waals surface area (Å²) in [5.74, 6) is 2.78. The summed E-state index contributed by atoms with van der Waals surface area (Å²) in [7, 11) is 0. The highest BCUT2D eigenvalue weighted by Gasteiger charge is 2.17. The molecule has 0 unspecified atom stereocenters. The van der Waals surface area contributed by atoms with Crippen molar-refractivity contribution in [1.82, 2.24) is 0 Å². The van der Waals surface area contributed by atoms with Crippen molar-refractivity contribution >= 4 is 10.8 Å². The quantitative estimate of drug-likeness (QED) is 0.571. The van der Waals surface area contributed by atoms with Crippen molar-refractivity contribution in [2.75, 3.05) is 0 Å². The number of benzene rings is 2. The number of terminal acetylenes is 1. The molecule has 0 heteroatoms. The highest BCUT2D eigenvalue weighted by Crippen LogP contribution is 2.31. The Morgan fingerprint density at radius 2 is 1.62 bits per heavy atom. The summed E-state index contributed by atoms with van der Waals surface area (Å²) in [6.07, 6.45) is 5.58. The monoisotopic (exact) mass is 208 g/mol. The number of hydrogen-bond donors (Lipinski definition) is 0. The first-order valence-corrected chi connectivity index (χ1v) is 5.53. The van der Waals surface area contributed by atoms with Crippen LogP contribution in [-0.2, 0) is 5.41 Å². The zero-order chi connectivity index (χ0) is 11.8. The molecule has 0 spiro atoms. The van der Waals surface area contributed by atoms with Gasteiger partial charge < -0.3 is 0 Å². The second-order valence-corrected chi connectivity index (χ2v) is 5.10. The molecule has 16 heavy (non-hydrogen) atoms. The van der Waals surface area contributed by atoms with Crippen LogP contribution < -0.4 is 0 Å². The number of rotatable bonds is 0. The third-order valence-electron chi connectivity index (χ3n) is 2.87. The number of fused-ring (bicyclic) bond motifs is 1. The molecule has 0 saturated heterocycles. The van der Waals surface area contributed by atoms with Gasteiger partial charge in [-0.25, -0.2) is 0 Å². The predicted molar refractivity (Wildman–Crippen MR) is 70.6 cm³/mol. The van der Waals surface area contributed by atoms with Crippen molar-refractivity contribution < 1.29 is 0 Å². The SMILES string of the molecule is C#Cc1cccc2cccc(C(C)(C)C)c12. The first-order valence-electron chi connectivity index (χ1n) is 5.53. The predicted octanol–water partition coefficient (Wildman–Crippen LogP) is 4.12. The Hall–Kier alpha value is -1.74. The van der Waals surface area contributed by atoms with E-state index in [1.807, 2.05) is 12.1 Å². The topological polar surface area (TPSA) is 0 Å². The molecule has 0 aliphatic carbocycles. The van der Waals surface area contributed by atoms with Crippen LogP contribution >= 0.6 is 0 Å². The van der Waals surface area contributed by atoms with E-state index < -0.39 is 0 Å². The fourth-order valence-corrected chi connectivity index (χ4v) is 2.09. The fourth-order valence-electron chi connectivity index (χ4n) is 2.09. The van der Waals surface area contributed by atoms with Crippen molar-refractivity contribution in [3.8, 4) is 12.3 Å². The summed E-state index contributed by atoms with van der Waals surface area (Å²) in [4.78, 5) is 0. The molecule has 0 saturated carbocycles. The van der Waals surface area contributed by atoms with Gasteiger partial charge in [-0.2, -0.15) is 0 Å². The van der Waals surface area contributed by atoms with Crippen molar-refractivity contribution in [3.63, 3.8) is 0 Å². The molecule has 0 radical (unpaired) electrons. The summed E-state index contributed by atoms with van der Waals surface area (Å²) in [5, 5.41) is 2.45. The average molecular weight is 208 g/mol. The van der Waals surface area contributed by atoms with Gasteiger partial charge in [0.15, 0.2) is 0 Å². The van der Waals surface area contributed by atoms with Gasteiger partial charge in [-0.05, 0) is 22.4 Å². The molecule has 2 aromatic carbocycles. The summed E-state index contributed by atoms with van der Waals surface area (Å²) >= 11 is 0. The van der Waals surface area contributed by atoms with E-state index in [0.29, 0.717) is 0 Å². The van der Waals surface area contributed by atoms with Crippen LogP contribution in [0.15, 0.2) is 36.4 Å². The maximum Gasteiger partial charge on any atom is 0.0324 e. The van der Waals surface area contributed by atoms with E-state index in [1.54, 1.807) is 0 Å². The molecular weight excluding hydrogens is 192 g/mol. The Bertz CT molecular complexity index is 557. The lowest BCUT2D eigenvalue weighted by molar-refractivity contribution is 0.596. The van der Waals surface area contributed by atoms with Crippen LogP contribution in [0.2, 0.25) is 0 Å². The van der Waals surface area contributed by atoms with Gasteiger partial charge in [0.1, 0.15) is 0 Å². The molecule has 0 aliphatic heterocycles. The maximum atomic E-state index is 5.58. The van der Waals surface area contributed by atoms with E-state index in [1.165, 1.54) is 16.3 Å². The zero-order valence-corrected chi connectivity index (χ0v) is 10.0. The van der Waals surface area contributed by atoms with Crippen LogP contribution in [0.4, 0.5) is 0 Å². The standard InChI is InChI=1S/C16H16/c1-5-12-8-6-9-13-10-7-11-14(15(12)13)16(2,3)4/h1,6-11H,2-4H3. The molecule has 0 heterocycles. The highest BCUT2D eigenvalue weighted by molar-refractivity contribution is 5.91. The lowest BCUT2D eigenvalue weighted by atomic mass is 9.82. The van der Waals surface area contributed by atoms with E-state index >= 15 is 0 Å². The molecule has 0 aliphatic rings. The molecule has 0 nitrogen and oxygen atoms in total. The van der Waals surface area contributed by atoms with Crippen molar-refractivity contribution in [1.29, 1.82) is 0 Å². The third-order valence-corrected chi connectivity index (χ3v) is 2.87. The molecule has 2 rings (SSSR count). The van der Waals surface area contributed by atoms with E-state index in [0.717, 1.165) is 5.56 Å². The van der Waals surface area contributed by atoms with Crippen LogP contribution in [0.25, 0.3) is 10.8 Å². The highest BCUT2D eigenvalue weighted by atomic mass is 14.2. The lowest BCUT2D eigenvalue weighted by Crippen LogP contribution is -2.12. The van der Waals surface area contributed by atoms with Crippen molar-refractivity contribution in [2.45, 2.75) is 26.2 Å². The summed E-state index contributed by atoms with van der Waals surface area (Å²) in [5.41, 5.74) is 2.42. The summed E-state index contributed by atoms with van der Waals surface area (Å²) < 4.78 is 0. The fraction of sp³-hybridized carbons (Fsp3) is 0.250. The van der Waals surface area contributed by atoms with Gasteiger partial charge in [0.25, 0.3) is 0 Å². The molecule has 80 valence electrons. The Morgan fingerprint density at radius 3 is 2.19 bits per heavy atom. The molecule has 0 bridgehead atoms. The van der Waals surface area contributed by atoms with E-state index in [-0.39, 0.29) is 5.41 Å². The van der Waals surface area contributed by atoms with Gasteiger partial charge in [-0.1, -0.05) is 57.0 Å². The Labute approximate surface area is 97.3 Å². The molecule has 0 N–H and O–H groups in total. The van der Waals surface area contributed by atoms with E-state index in [4.69, 9.17) is 6.42 Å². The van der Waals surface area contributed by atoms with Crippen LogP contribution in [0.5, 0.6) is 0 Å². The van der Waals surface area contributed by atoms with Gasteiger partial charge in [0.2, 0.25) is 0 Å². The van der Waals surface area contributed by atoms with Crippen LogP contribution in [0.3, 0.4) is 0 Å². The largest absolute Gasteiger partial charge is 0.115 e. The first-order chi connectivity index (χ1) is 7.54. The molecule has 0 fully saturated rings. The van der Waals surface area contributed by atoms with Crippen LogP contribution in [-0.4, -0.2) is 0 Å². The van der Waals surface area contributed by atoms with Gasteiger partial charge in [-0.15, -0.1) is 6.42 Å².